The summed E-state index contributed by atoms with van der Waals surface area (Å²) < 4.78 is 13.9. The first-order valence-electron chi connectivity index (χ1n) is 14.8. The van der Waals surface area contributed by atoms with Gasteiger partial charge in [0.25, 0.3) is 0 Å². The van der Waals surface area contributed by atoms with Crippen LogP contribution in [0.15, 0.2) is 23.9 Å². The predicted octanol–water partition coefficient (Wildman–Crippen LogP) is 3.72. The first-order chi connectivity index (χ1) is 19.4. The van der Waals surface area contributed by atoms with Gasteiger partial charge in [0.15, 0.2) is 11.6 Å². The van der Waals surface area contributed by atoms with E-state index in [1.165, 1.54) is 0 Å². The molecule has 0 aromatic carbocycles. The van der Waals surface area contributed by atoms with E-state index in [9.17, 15) is 9.59 Å². The second-order valence-corrected chi connectivity index (χ2v) is 11.9. The number of aromatic nitrogens is 4. The molecule has 2 aliphatic heterocycles. The third kappa shape index (κ3) is 4.96. The summed E-state index contributed by atoms with van der Waals surface area (Å²) in [6, 6.07) is 4.21. The molecule has 2 saturated carbocycles. The molecule has 0 unspecified atom stereocenters. The van der Waals surface area contributed by atoms with Crippen LogP contribution in [0.1, 0.15) is 83.0 Å². The molecule has 0 amide bonds. The molecule has 4 aliphatic rings. The van der Waals surface area contributed by atoms with Gasteiger partial charge in [0.2, 0.25) is 5.88 Å². The Balaban J connectivity index is 1.37. The Kier molecular flexibility index (Phi) is 7.48. The van der Waals surface area contributed by atoms with Gasteiger partial charge in [-0.05, 0) is 77.9 Å². The van der Waals surface area contributed by atoms with Gasteiger partial charge in [0, 0.05) is 36.9 Å². The Bertz CT molecular complexity index is 1310. The van der Waals surface area contributed by atoms with E-state index in [-0.39, 0.29) is 41.3 Å². The van der Waals surface area contributed by atoms with Crippen LogP contribution in [0.2, 0.25) is 0 Å². The minimum absolute atomic E-state index is 0.0587. The van der Waals surface area contributed by atoms with Gasteiger partial charge in [-0.25, -0.2) is 4.98 Å². The third-order valence-electron chi connectivity index (χ3n) is 9.37. The summed E-state index contributed by atoms with van der Waals surface area (Å²) >= 11 is 0. The number of nitrogens with zero attached hydrogens (tertiary/aromatic N) is 5. The Labute approximate surface area is 235 Å². The second-order valence-electron chi connectivity index (χ2n) is 11.9. The van der Waals surface area contributed by atoms with Crippen molar-refractivity contribution in [2.75, 3.05) is 26.8 Å². The van der Waals surface area contributed by atoms with E-state index >= 15 is 0 Å². The van der Waals surface area contributed by atoms with Crippen molar-refractivity contribution in [3.8, 4) is 17.3 Å². The Morgan fingerprint density at radius 2 is 1.98 bits per heavy atom. The average molecular weight is 549 g/mol. The number of carbonyl (C=O) groups excluding carboxylic acids is 2. The molecule has 0 bridgehead atoms. The van der Waals surface area contributed by atoms with Crippen molar-refractivity contribution in [1.82, 2.24) is 24.6 Å². The number of likely N-dealkylation sites (N-methyl/N-ethyl adjacent to an activating group) is 1. The quantitative estimate of drug-likeness (QED) is 0.425. The maximum absolute atomic E-state index is 13.8. The van der Waals surface area contributed by atoms with Crippen LogP contribution in [-0.2, 0) is 14.3 Å². The van der Waals surface area contributed by atoms with Crippen molar-refractivity contribution in [3.63, 3.8) is 0 Å². The van der Waals surface area contributed by atoms with Crippen molar-refractivity contribution in [2.24, 2.45) is 11.1 Å². The van der Waals surface area contributed by atoms with Crippen LogP contribution >= 0.6 is 0 Å². The van der Waals surface area contributed by atoms with Crippen LogP contribution in [0.25, 0.3) is 17.1 Å². The molecule has 2 N–H and O–H groups in total. The van der Waals surface area contributed by atoms with Gasteiger partial charge >= 0.3 is 0 Å². The third-order valence-corrected chi connectivity index (χ3v) is 9.37. The molecule has 40 heavy (non-hydrogen) atoms. The van der Waals surface area contributed by atoms with Crippen molar-refractivity contribution >= 4 is 17.3 Å². The second kappa shape index (κ2) is 11.0. The number of nitrogens with two attached hydrogens (primary N) is 1. The zero-order chi connectivity index (χ0) is 27.9. The van der Waals surface area contributed by atoms with Crippen LogP contribution in [0.5, 0.6) is 5.88 Å². The summed E-state index contributed by atoms with van der Waals surface area (Å²) in [5.74, 6) is 0.580. The molecule has 2 aromatic heterocycles. The smallest absolute Gasteiger partial charge is 0.217 e. The molecule has 2 aliphatic carbocycles. The van der Waals surface area contributed by atoms with Gasteiger partial charge in [-0.3, -0.25) is 19.2 Å². The lowest BCUT2D eigenvalue weighted by Crippen LogP contribution is -2.45. The number of likely N-dealkylation sites (tertiary alicyclic amines) is 1. The van der Waals surface area contributed by atoms with Gasteiger partial charge in [-0.2, -0.15) is 10.1 Å². The van der Waals surface area contributed by atoms with E-state index in [4.69, 9.17) is 30.3 Å². The van der Waals surface area contributed by atoms with Crippen LogP contribution in [0.4, 0.5) is 0 Å². The van der Waals surface area contributed by atoms with E-state index in [2.05, 4.69) is 18.9 Å². The number of carbonyl (C=O) groups is 2. The van der Waals surface area contributed by atoms with Crippen molar-refractivity contribution in [2.45, 2.75) is 89.3 Å². The highest BCUT2D eigenvalue weighted by Crippen LogP contribution is 2.45. The molecule has 1 spiro atoms. The van der Waals surface area contributed by atoms with Crippen LogP contribution in [-0.4, -0.2) is 75.2 Å². The van der Waals surface area contributed by atoms with E-state index in [0.29, 0.717) is 55.1 Å². The van der Waals surface area contributed by atoms with Crippen molar-refractivity contribution in [3.05, 3.63) is 29.7 Å². The number of ether oxygens (including phenoxy) is 2. The number of hydrogen-bond donors (Lipinski definition) is 1. The maximum atomic E-state index is 13.8. The van der Waals surface area contributed by atoms with Crippen LogP contribution < -0.4 is 10.5 Å². The minimum Gasteiger partial charge on any atom is -0.473 e. The highest BCUT2D eigenvalue weighted by Gasteiger charge is 2.49. The van der Waals surface area contributed by atoms with Gasteiger partial charge < -0.3 is 15.2 Å². The summed E-state index contributed by atoms with van der Waals surface area (Å²) in [4.78, 5) is 38.7. The fourth-order valence-electron chi connectivity index (χ4n) is 7.01. The molecule has 10 heteroatoms. The highest BCUT2D eigenvalue weighted by atomic mass is 16.5. The Morgan fingerprint density at radius 1 is 1.12 bits per heavy atom. The van der Waals surface area contributed by atoms with E-state index in [1.807, 2.05) is 16.9 Å². The lowest BCUT2D eigenvalue weighted by Gasteiger charge is -2.38. The topological polar surface area (TPSA) is 125 Å². The first kappa shape index (κ1) is 27.1. The zero-order valence-corrected chi connectivity index (χ0v) is 23.6. The van der Waals surface area contributed by atoms with Crippen molar-refractivity contribution < 1.29 is 19.1 Å². The largest absolute Gasteiger partial charge is 0.473 e. The molecule has 4 fully saturated rings. The molecule has 214 valence electrons. The average Bonchev–Trinajstić information content (AvgIpc) is 3.73. The summed E-state index contributed by atoms with van der Waals surface area (Å²) in [6.45, 7) is 4.47. The lowest BCUT2D eigenvalue weighted by atomic mass is 9.62. The van der Waals surface area contributed by atoms with Crippen LogP contribution in [0.3, 0.4) is 0 Å². The van der Waals surface area contributed by atoms with E-state index in [1.54, 1.807) is 6.07 Å². The zero-order valence-electron chi connectivity index (χ0n) is 23.6. The summed E-state index contributed by atoms with van der Waals surface area (Å²) in [5.41, 5.74) is 7.75. The fraction of sp³-hybridized carbons (Fsp3) is 0.633. The number of allylic oxidation sites excluding steroid dienone is 1. The Hall–Kier alpha value is -3.11. The normalized spacial score (nSPS) is 29.8. The van der Waals surface area contributed by atoms with E-state index < -0.39 is 5.41 Å². The van der Waals surface area contributed by atoms with Gasteiger partial charge in [0.1, 0.15) is 17.6 Å². The standard InChI is InChI=1S/C30H40N6O4/c1-19(24-8-6-14-35(24)2)40-26-17-23(22-10-15-36(34-22)20-11-16-39-18-20)32-29(33-26)27(31)21-7-5-13-30(28(21)38)12-4-3-9-25(30)37/h10,15,17,19-20,24H,3-9,11-14,16,18,31H2,1-2H3/t19-,20-,24-,30+/m0/s1. The fourth-order valence-corrected chi connectivity index (χ4v) is 7.01. The molecule has 6 rings (SSSR count). The number of ketones is 2. The monoisotopic (exact) mass is 548 g/mol. The van der Waals surface area contributed by atoms with Crippen molar-refractivity contribution in [1.29, 1.82) is 0 Å². The van der Waals surface area contributed by atoms with Crippen LogP contribution in [0, 0.1) is 5.41 Å². The van der Waals surface area contributed by atoms with Gasteiger partial charge in [-0.15, -0.1) is 0 Å². The molecular formula is C30H40N6O4. The number of Topliss-reactive ketones (excluding diaryl/α,β-unsaturated/α-hetero) is 2. The van der Waals surface area contributed by atoms with E-state index in [0.717, 1.165) is 51.7 Å². The number of hydrogen-bond acceptors (Lipinski definition) is 9. The maximum Gasteiger partial charge on any atom is 0.217 e. The molecule has 2 saturated heterocycles. The molecule has 10 nitrogen and oxygen atoms in total. The summed E-state index contributed by atoms with van der Waals surface area (Å²) in [5, 5.41) is 4.79. The SMILES string of the molecule is C[C@H](Oc1cc(-c2ccn([C@H]3CCOC3)n2)nc(C(N)=C2CCC[C@@]3(CCCCC3=O)C2=O)n1)[C@@H]1CCCN1C. The summed E-state index contributed by atoms with van der Waals surface area (Å²) in [6.07, 6.45) is 9.63. The molecule has 4 heterocycles. The van der Waals surface area contributed by atoms with Gasteiger partial charge in [-0.1, -0.05) is 6.42 Å². The predicted molar refractivity (Wildman–Crippen MR) is 149 cm³/mol. The minimum atomic E-state index is -0.933. The highest BCUT2D eigenvalue weighted by molar-refractivity contribution is 6.17. The van der Waals surface area contributed by atoms with Gasteiger partial charge in [0.05, 0.1) is 29.5 Å². The molecule has 2 aromatic rings. The molecular weight excluding hydrogens is 508 g/mol. The summed E-state index contributed by atoms with van der Waals surface area (Å²) in [7, 11) is 2.12. The Morgan fingerprint density at radius 3 is 2.73 bits per heavy atom. The molecule has 0 radical (unpaired) electrons. The lowest BCUT2D eigenvalue weighted by molar-refractivity contribution is -0.143. The first-order valence-corrected chi connectivity index (χ1v) is 14.8. The number of rotatable bonds is 6. The molecule has 4 atom stereocenters.